The van der Waals surface area contributed by atoms with Gasteiger partial charge in [0, 0.05) is 24.3 Å². The van der Waals surface area contributed by atoms with Crippen LogP contribution >= 0.6 is 0 Å². The van der Waals surface area contributed by atoms with E-state index in [1.807, 2.05) is 45.9 Å². The summed E-state index contributed by atoms with van der Waals surface area (Å²) < 4.78 is 4.08. The maximum Gasteiger partial charge on any atom is 0.255 e. The molecule has 4 heterocycles. The second kappa shape index (κ2) is 7.05. The van der Waals surface area contributed by atoms with Crippen LogP contribution in [0.4, 0.5) is 0 Å². The van der Waals surface area contributed by atoms with Crippen LogP contribution in [0, 0.1) is 0 Å². The van der Waals surface area contributed by atoms with Crippen molar-refractivity contribution in [2.45, 2.75) is 39.3 Å². The number of fused-ring (bicyclic) bond motifs is 2. The second-order valence-electron chi connectivity index (χ2n) is 8.05. The number of rotatable bonds is 3. The van der Waals surface area contributed by atoms with Crippen LogP contribution in [0.3, 0.4) is 0 Å². The monoisotopic (exact) mass is 401 g/mol. The predicted molar refractivity (Wildman–Crippen MR) is 112 cm³/mol. The molecular weight excluding hydrogens is 378 g/mol. The van der Waals surface area contributed by atoms with Gasteiger partial charge in [0.15, 0.2) is 11.5 Å². The second-order valence-corrected chi connectivity index (χ2v) is 8.05. The number of amides is 1. The first-order valence-electron chi connectivity index (χ1n) is 10.1. The summed E-state index contributed by atoms with van der Waals surface area (Å²) in [4.78, 5) is 24.0. The number of carbonyl (C=O) groups is 1. The molecule has 152 valence electrons. The number of pyridine rings is 1. The van der Waals surface area contributed by atoms with Gasteiger partial charge in [-0.1, -0.05) is 32.0 Å². The quantitative estimate of drug-likeness (QED) is 0.526. The molecule has 0 spiro atoms. The molecule has 1 aromatic carbocycles. The van der Waals surface area contributed by atoms with Gasteiger partial charge in [-0.25, -0.2) is 9.97 Å². The number of carbonyl (C=O) groups excluding carboxylic acids is 1. The van der Waals surface area contributed by atoms with Gasteiger partial charge in [0.05, 0.1) is 18.2 Å². The topological polar surface area (TPSA) is 81.7 Å². The summed E-state index contributed by atoms with van der Waals surface area (Å²) in [5, 5.41) is 8.67. The first-order chi connectivity index (χ1) is 14.5. The SMILES string of the molecule is CC(C)c1nnc2n1[C@@H](C)CN(C(=O)c1cnc3c(c1)ncn3-c1ccccc1)C2. The zero-order chi connectivity index (χ0) is 20.8. The summed E-state index contributed by atoms with van der Waals surface area (Å²) in [6.07, 6.45) is 3.37. The summed E-state index contributed by atoms with van der Waals surface area (Å²) in [5.41, 5.74) is 2.94. The Hall–Kier alpha value is -3.55. The smallest absolute Gasteiger partial charge is 0.255 e. The zero-order valence-electron chi connectivity index (χ0n) is 17.2. The lowest BCUT2D eigenvalue weighted by atomic mass is 10.1. The highest BCUT2D eigenvalue weighted by Gasteiger charge is 2.30. The number of benzene rings is 1. The maximum absolute atomic E-state index is 13.2. The molecule has 4 aromatic rings. The molecule has 0 saturated carbocycles. The molecule has 30 heavy (non-hydrogen) atoms. The van der Waals surface area contributed by atoms with Gasteiger partial charge in [-0.15, -0.1) is 10.2 Å². The molecule has 0 saturated heterocycles. The van der Waals surface area contributed by atoms with Gasteiger partial charge in [-0.3, -0.25) is 9.36 Å². The van der Waals surface area contributed by atoms with Crippen molar-refractivity contribution in [3.63, 3.8) is 0 Å². The molecule has 1 aliphatic rings. The van der Waals surface area contributed by atoms with Gasteiger partial charge in [0.1, 0.15) is 17.7 Å². The third kappa shape index (κ3) is 2.96. The van der Waals surface area contributed by atoms with E-state index in [9.17, 15) is 4.79 Å². The Morgan fingerprint density at radius 2 is 1.93 bits per heavy atom. The summed E-state index contributed by atoms with van der Waals surface area (Å²) in [6.45, 7) is 7.37. The number of nitrogens with zero attached hydrogens (tertiary/aromatic N) is 7. The standard InChI is InChI=1S/C22H23N7O/c1-14(2)20-26-25-19-12-27(11-15(3)29(19)20)22(30)16-9-18-21(23-10-16)28(13-24-18)17-7-5-4-6-8-17/h4-10,13-15H,11-12H2,1-3H3/t15-/m0/s1. The van der Waals surface area contributed by atoms with E-state index in [4.69, 9.17) is 0 Å². The Morgan fingerprint density at radius 3 is 2.70 bits per heavy atom. The molecule has 0 unspecified atom stereocenters. The van der Waals surface area contributed by atoms with E-state index in [0.717, 1.165) is 23.0 Å². The third-order valence-corrected chi connectivity index (χ3v) is 5.52. The van der Waals surface area contributed by atoms with Crippen molar-refractivity contribution in [1.29, 1.82) is 0 Å². The van der Waals surface area contributed by atoms with Crippen molar-refractivity contribution >= 4 is 17.1 Å². The molecule has 0 radical (unpaired) electrons. The van der Waals surface area contributed by atoms with Crippen LogP contribution in [0.5, 0.6) is 0 Å². The lowest BCUT2D eigenvalue weighted by Gasteiger charge is -2.33. The number of imidazole rings is 1. The minimum Gasteiger partial charge on any atom is -0.329 e. The van der Waals surface area contributed by atoms with E-state index in [1.165, 1.54) is 0 Å². The Balaban J connectivity index is 1.44. The van der Waals surface area contributed by atoms with Crippen LogP contribution in [0.2, 0.25) is 0 Å². The Bertz CT molecular complexity index is 1230. The van der Waals surface area contributed by atoms with Crippen LogP contribution < -0.4 is 0 Å². The summed E-state index contributed by atoms with van der Waals surface area (Å²) in [6, 6.07) is 11.8. The fraction of sp³-hybridized carbons (Fsp3) is 0.318. The molecule has 0 aliphatic carbocycles. The lowest BCUT2D eigenvalue weighted by molar-refractivity contribution is 0.0679. The van der Waals surface area contributed by atoms with E-state index in [2.05, 4.69) is 45.5 Å². The first kappa shape index (κ1) is 18.5. The molecule has 0 fully saturated rings. The lowest BCUT2D eigenvalue weighted by Crippen LogP contribution is -2.41. The Kier molecular flexibility index (Phi) is 4.34. The van der Waals surface area contributed by atoms with Gasteiger partial charge < -0.3 is 9.47 Å². The highest BCUT2D eigenvalue weighted by molar-refractivity contribution is 5.96. The van der Waals surface area contributed by atoms with E-state index >= 15 is 0 Å². The van der Waals surface area contributed by atoms with Crippen molar-refractivity contribution < 1.29 is 4.79 Å². The maximum atomic E-state index is 13.2. The molecule has 0 bridgehead atoms. The molecule has 1 amide bonds. The molecule has 0 N–H and O–H groups in total. The van der Waals surface area contributed by atoms with Crippen LogP contribution in [-0.4, -0.2) is 46.7 Å². The van der Waals surface area contributed by atoms with Gasteiger partial charge in [-0.05, 0) is 25.1 Å². The number of aromatic nitrogens is 6. The highest BCUT2D eigenvalue weighted by Crippen LogP contribution is 2.26. The molecule has 3 aromatic heterocycles. The predicted octanol–water partition coefficient (Wildman–Crippen LogP) is 3.35. The van der Waals surface area contributed by atoms with E-state index in [0.29, 0.717) is 30.1 Å². The fourth-order valence-electron chi connectivity index (χ4n) is 4.09. The molecule has 8 heteroatoms. The molecular formula is C22H23N7O. The largest absolute Gasteiger partial charge is 0.329 e. The third-order valence-electron chi connectivity index (χ3n) is 5.52. The minimum absolute atomic E-state index is 0.0640. The van der Waals surface area contributed by atoms with Crippen LogP contribution in [0.1, 0.15) is 54.7 Å². The zero-order valence-corrected chi connectivity index (χ0v) is 17.2. The van der Waals surface area contributed by atoms with Crippen molar-refractivity contribution in [1.82, 2.24) is 34.2 Å². The number of hydrogen-bond donors (Lipinski definition) is 0. The van der Waals surface area contributed by atoms with Crippen molar-refractivity contribution in [3.8, 4) is 5.69 Å². The summed E-state index contributed by atoms with van der Waals surface area (Å²) in [5.74, 6) is 2.03. The van der Waals surface area contributed by atoms with Gasteiger partial charge in [-0.2, -0.15) is 0 Å². The highest BCUT2D eigenvalue weighted by atomic mass is 16.2. The number of hydrogen-bond acceptors (Lipinski definition) is 5. The normalized spacial score (nSPS) is 16.3. The van der Waals surface area contributed by atoms with E-state index in [1.54, 1.807) is 12.5 Å². The van der Waals surface area contributed by atoms with E-state index in [-0.39, 0.29) is 11.9 Å². The van der Waals surface area contributed by atoms with Gasteiger partial charge >= 0.3 is 0 Å². The molecule has 5 rings (SSSR count). The van der Waals surface area contributed by atoms with Crippen LogP contribution in [-0.2, 0) is 6.54 Å². The summed E-state index contributed by atoms with van der Waals surface area (Å²) >= 11 is 0. The Morgan fingerprint density at radius 1 is 1.13 bits per heavy atom. The van der Waals surface area contributed by atoms with Crippen molar-refractivity contribution in [2.24, 2.45) is 0 Å². The van der Waals surface area contributed by atoms with Crippen LogP contribution in [0.25, 0.3) is 16.9 Å². The van der Waals surface area contributed by atoms with Gasteiger partial charge in [0.25, 0.3) is 5.91 Å². The van der Waals surface area contributed by atoms with Crippen molar-refractivity contribution in [3.05, 3.63) is 66.1 Å². The van der Waals surface area contributed by atoms with Gasteiger partial charge in [0.2, 0.25) is 0 Å². The average Bonchev–Trinajstić information content (AvgIpc) is 3.38. The minimum atomic E-state index is -0.0640. The Labute approximate surface area is 174 Å². The molecule has 1 atom stereocenters. The first-order valence-corrected chi connectivity index (χ1v) is 10.1. The fourth-order valence-corrected chi connectivity index (χ4v) is 4.09. The van der Waals surface area contributed by atoms with E-state index < -0.39 is 0 Å². The molecule has 8 nitrogen and oxygen atoms in total. The average molecular weight is 401 g/mol. The summed E-state index contributed by atoms with van der Waals surface area (Å²) in [7, 11) is 0. The number of para-hydroxylation sites is 1. The van der Waals surface area contributed by atoms with Crippen LogP contribution in [0.15, 0.2) is 48.9 Å². The van der Waals surface area contributed by atoms with Crippen molar-refractivity contribution in [2.75, 3.05) is 6.54 Å². The molecule has 1 aliphatic heterocycles.